The van der Waals surface area contributed by atoms with Gasteiger partial charge in [-0.3, -0.25) is 4.79 Å². The van der Waals surface area contributed by atoms with Gasteiger partial charge in [-0.15, -0.1) is 6.42 Å². The minimum atomic E-state index is 0.0569. The van der Waals surface area contributed by atoms with E-state index in [1.165, 1.54) is 25.7 Å². The molecule has 2 N–H and O–H groups in total. The SMILES string of the molecule is C#CC1=C(N2CCC3(CC2)CC3)c2cc(N)ccc2CC1=O. The average Bonchev–Trinajstić information content (AvgIpc) is 3.27. The first kappa shape index (κ1) is 13.5. The Balaban J connectivity index is 1.78. The summed E-state index contributed by atoms with van der Waals surface area (Å²) in [6, 6.07) is 5.79. The standard InChI is InChI=1S/C19H20N2O/c1-2-15-17(22)11-13-3-4-14(20)12-16(13)18(15)21-9-7-19(5-6-19)8-10-21/h1,3-4,12H,5-11,20H2. The average molecular weight is 292 g/mol. The second kappa shape index (κ2) is 4.64. The van der Waals surface area contributed by atoms with Crippen LogP contribution in [0.5, 0.6) is 0 Å². The lowest BCUT2D eigenvalue weighted by Gasteiger charge is -2.38. The molecule has 1 aliphatic heterocycles. The maximum Gasteiger partial charge on any atom is 0.177 e. The summed E-state index contributed by atoms with van der Waals surface area (Å²) >= 11 is 0. The zero-order valence-corrected chi connectivity index (χ0v) is 12.7. The molecule has 22 heavy (non-hydrogen) atoms. The third-order valence-corrected chi connectivity index (χ3v) is 5.50. The van der Waals surface area contributed by atoms with Crippen LogP contribution in [0.4, 0.5) is 5.69 Å². The Labute approximate surface area is 131 Å². The van der Waals surface area contributed by atoms with Gasteiger partial charge in [-0.25, -0.2) is 0 Å². The maximum atomic E-state index is 12.4. The molecule has 3 heteroatoms. The van der Waals surface area contributed by atoms with Crippen molar-refractivity contribution in [2.75, 3.05) is 18.8 Å². The third kappa shape index (κ3) is 2.02. The van der Waals surface area contributed by atoms with Crippen LogP contribution in [0.25, 0.3) is 5.70 Å². The number of anilines is 1. The smallest absolute Gasteiger partial charge is 0.177 e. The highest BCUT2D eigenvalue weighted by Gasteiger charge is 2.45. The van der Waals surface area contributed by atoms with E-state index in [1.54, 1.807) is 0 Å². The summed E-state index contributed by atoms with van der Waals surface area (Å²) in [4.78, 5) is 14.7. The molecule has 0 atom stereocenters. The molecule has 1 saturated heterocycles. The fourth-order valence-corrected chi connectivity index (χ4v) is 3.86. The number of Topliss-reactive ketones (excluding diaryl/α,β-unsaturated/α-hetero) is 1. The number of hydrogen-bond donors (Lipinski definition) is 1. The zero-order valence-electron chi connectivity index (χ0n) is 12.7. The number of nitrogen functional groups attached to an aromatic ring is 1. The molecule has 3 aliphatic rings. The highest BCUT2D eigenvalue weighted by atomic mass is 16.1. The number of carbonyl (C=O) groups is 1. The molecule has 1 aromatic carbocycles. The van der Waals surface area contributed by atoms with Gasteiger partial charge in [-0.1, -0.05) is 12.0 Å². The van der Waals surface area contributed by atoms with Crippen LogP contribution < -0.4 is 5.73 Å². The Bertz CT molecular complexity index is 724. The fraction of sp³-hybridized carbons (Fsp3) is 0.421. The van der Waals surface area contributed by atoms with Crippen molar-refractivity contribution in [1.82, 2.24) is 4.90 Å². The highest BCUT2D eigenvalue weighted by molar-refractivity contribution is 6.10. The lowest BCUT2D eigenvalue weighted by Crippen LogP contribution is -2.36. The van der Waals surface area contributed by atoms with Crippen LogP contribution >= 0.6 is 0 Å². The molecule has 2 aliphatic carbocycles. The van der Waals surface area contributed by atoms with E-state index in [0.29, 0.717) is 17.4 Å². The summed E-state index contributed by atoms with van der Waals surface area (Å²) in [5, 5.41) is 0. The number of carbonyl (C=O) groups excluding carboxylic acids is 1. The van der Waals surface area contributed by atoms with E-state index >= 15 is 0 Å². The minimum Gasteiger partial charge on any atom is -0.399 e. The molecule has 4 rings (SSSR count). The van der Waals surface area contributed by atoms with Gasteiger partial charge in [0.15, 0.2) is 5.78 Å². The summed E-state index contributed by atoms with van der Waals surface area (Å²) in [7, 11) is 0. The number of terminal acetylenes is 1. The number of allylic oxidation sites excluding steroid dienone is 1. The number of rotatable bonds is 1. The van der Waals surface area contributed by atoms with Crippen molar-refractivity contribution in [2.45, 2.75) is 32.1 Å². The molecule has 1 heterocycles. The molecule has 1 spiro atoms. The van der Waals surface area contributed by atoms with Crippen LogP contribution in [0.1, 0.15) is 36.8 Å². The topological polar surface area (TPSA) is 46.3 Å². The molecule has 2 fully saturated rings. The summed E-state index contributed by atoms with van der Waals surface area (Å²) < 4.78 is 0. The van der Waals surface area contributed by atoms with Crippen molar-refractivity contribution in [3.05, 3.63) is 34.9 Å². The van der Waals surface area contributed by atoms with E-state index in [1.807, 2.05) is 18.2 Å². The van der Waals surface area contributed by atoms with Crippen LogP contribution in [-0.4, -0.2) is 23.8 Å². The molecule has 0 unspecified atom stereocenters. The van der Waals surface area contributed by atoms with E-state index in [4.69, 9.17) is 12.2 Å². The van der Waals surface area contributed by atoms with Crippen LogP contribution in [0.3, 0.4) is 0 Å². The Kier molecular flexibility index (Phi) is 2.84. The highest BCUT2D eigenvalue weighted by Crippen LogP contribution is 2.54. The van der Waals surface area contributed by atoms with Crippen LogP contribution in [0, 0.1) is 17.8 Å². The predicted molar refractivity (Wildman–Crippen MR) is 87.8 cm³/mol. The van der Waals surface area contributed by atoms with Crippen LogP contribution in [-0.2, 0) is 11.2 Å². The first-order valence-corrected chi connectivity index (χ1v) is 8.00. The van der Waals surface area contributed by atoms with Gasteiger partial charge in [0.05, 0.1) is 11.3 Å². The first-order valence-electron chi connectivity index (χ1n) is 8.00. The summed E-state index contributed by atoms with van der Waals surface area (Å²) in [5.41, 5.74) is 10.9. The molecule has 3 nitrogen and oxygen atoms in total. The van der Waals surface area contributed by atoms with E-state index < -0.39 is 0 Å². The second-order valence-corrected chi connectivity index (χ2v) is 6.87. The van der Waals surface area contributed by atoms with Crippen molar-refractivity contribution < 1.29 is 4.79 Å². The van der Waals surface area contributed by atoms with Crippen LogP contribution in [0.2, 0.25) is 0 Å². The molecule has 0 amide bonds. The number of piperidine rings is 1. The van der Waals surface area contributed by atoms with E-state index in [9.17, 15) is 4.79 Å². The Morgan fingerprint density at radius 3 is 2.55 bits per heavy atom. The molecule has 0 aromatic heterocycles. The molecular formula is C19H20N2O. The maximum absolute atomic E-state index is 12.4. The Morgan fingerprint density at radius 2 is 1.91 bits per heavy atom. The van der Waals surface area contributed by atoms with Crippen molar-refractivity contribution in [3.63, 3.8) is 0 Å². The number of hydrogen-bond acceptors (Lipinski definition) is 3. The van der Waals surface area contributed by atoms with Gasteiger partial charge in [0.2, 0.25) is 0 Å². The number of nitrogens with zero attached hydrogens (tertiary/aromatic N) is 1. The Hall–Kier alpha value is -2.21. The quantitative estimate of drug-likeness (QED) is 0.639. The first-order chi connectivity index (χ1) is 10.6. The van der Waals surface area contributed by atoms with Crippen molar-refractivity contribution in [2.24, 2.45) is 5.41 Å². The Morgan fingerprint density at radius 1 is 1.18 bits per heavy atom. The van der Waals surface area contributed by atoms with Crippen molar-refractivity contribution >= 4 is 17.2 Å². The largest absolute Gasteiger partial charge is 0.399 e. The number of nitrogens with two attached hydrogens (primary N) is 1. The fourth-order valence-electron chi connectivity index (χ4n) is 3.86. The van der Waals surface area contributed by atoms with Gasteiger partial charge in [-0.05, 0) is 48.8 Å². The second-order valence-electron chi connectivity index (χ2n) is 6.87. The van der Waals surface area contributed by atoms with Gasteiger partial charge in [0.1, 0.15) is 0 Å². The van der Waals surface area contributed by atoms with E-state index in [0.717, 1.165) is 35.6 Å². The van der Waals surface area contributed by atoms with Crippen molar-refractivity contribution in [3.8, 4) is 12.3 Å². The monoisotopic (exact) mass is 292 g/mol. The summed E-state index contributed by atoms with van der Waals surface area (Å²) in [5.74, 6) is 2.70. The van der Waals surface area contributed by atoms with Gasteiger partial charge in [0.25, 0.3) is 0 Å². The molecular weight excluding hydrogens is 272 g/mol. The van der Waals surface area contributed by atoms with E-state index in [2.05, 4.69) is 10.8 Å². The number of likely N-dealkylation sites (tertiary alicyclic amines) is 1. The van der Waals surface area contributed by atoms with Gasteiger partial charge in [0, 0.05) is 30.8 Å². The van der Waals surface area contributed by atoms with Gasteiger partial charge >= 0.3 is 0 Å². The molecule has 0 radical (unpaired) electrons. The minimum absolute atomic E-state index is 0.0569. The third-order valence-electron chi connectivity index (χ3n) is 5.50. The number of ketones is 1. The normalized spacial score (nSPS) is 22.5. The molecule has 1 saturated carbocycles. The number of benzene rings is 1. The molecule has 0 bridgehead atoms. The summed E-state index contributed by atoms with van der Waals surface area (Å²) in [6.07, 6.45) is 11.2. The van der Waals surface area contributed by atoms with E-state index in [-0.39, 0.29) is 5.78 Å². The predicted octanol–water partition coefficient (Wildman–Crippen LogP) is 2.61. The summed E-state index contributed by atoms with van der Waals surface area (Å²) in [6.45, 7) is 1.98. The van der Waals surface area contributed by atoms with Gasteiger partial charge in [-0.2, -0.15) is 0 Å². The number of fused-ring (bicyclic) bond motifs is 1. The zero-order chi connectivity index (χ0) is 15.3. The molecule has 1 aromatic rings. The van der Waals surface area contributed by atoms with Crippen LogP contribution in [0.15, 0.2) is 23.8 Å². The van der Waals surface area contributed by atoms with Gasteiger partial charge < -0.3 is 10.6 Å². The lowest BCUT2D eigenvalue weighted by molar-refractivity contribution is -0.114. The van der Waals surface area contributed by atoms with Crippen molar-refractivity contribution in [1.29, 1.82) is 0 Å². The molecule has 112 valence electrons. The lowest BCUT2D eigenvalue weighted by atomic mass is 9.85.